The lowest BCUT2D eigenvalue weighted by Crippen LogP contribution is -2.42. The van der Waals surface area contributed by atoms with Crippen LogP contribution >= 0.6 is 23.1 Å². The van der Waals surface area contributed by atoms with Crippen molar-refractivity contribution in [2.24, 2.45) is 0 Å². The zero-order valence-electron chi connectivity index (χ0n) is 15.3. The summed E-state index contributed by atoms with van der Waals surface area (Å²) in [5.74, 6) is 0.700. The minimum Gasteiger partial charge on any atom is -0.467 e. The monoisotopic (exact) mass is 398 g/mol. The number of carbonyl (C=O) groups is 1. The number of hydrogen-bond donors (Lipinski definition) is 0. The molecule has 4 nitrogen and oxygen atoms in total. The third-order valence-electron chi connectivity index (χ3n) is 4.72. The number of hydrogen-bond acceptors (Lipinski definition) is 5. The number of nitrogens with zero attached hydrogens (tertiary/aromatic N) is 2. The van der Waals surface area contributed by atoms with Crippen LogP contribution in [0.4, 0.5) is 0 Å². The van der Waals surface area contributed by atoms with E-state index in [1.54, 1.807) is 23.1 Å². The molecule has 0 bridgehead atoms. The van der Waals surface area contributed by atoms with E-state index in [1.165, 1.54) is 5.56 Å². The molecule has 1 amide bonds. The van der Waals surface area contributed by atoms with Gasteiger partial charge in [0, 0.05) is 30.8 Å². The summed E-state index contributed by atoms with van der Waals surface area (Å²) < 4.78 is 7.22. The van der Waals surface area contributed by atoms with Crippen LogP contribution in [0.3, 0.4) is 0 Å². The highest BCUT2D eigenvalue weighted by atomic mass is 32.2. The van der Waals surface area contributed by atoms with Gasteiger partial charge in [0.05, 0.1) is 16.0 Å². The third kappa shape index (κ3) is 4.62. The molecule has 0 saturated carbocycles. The van der Waals surface area contributed by atoms with Gasteiger partial charge in [0.2, 0.25) is 5.91 Å². The molecule has 1 fully saturated rings. The minimum absolute atomic E-state index is 0.138. The Kier molecular flexibility index (Phi) is 5.64. The van der Waals surface area contributed by atoms with E-state index >= 15 is 0 Å². The van der Waals surface area contributed by atoms with E-state index in [1.807, 2.05) is 23.1 Å². The largest absolute Gasteiger partial charge is 0.467 e. The summed E-state index contributed by atoms with van der Waals surface area (Å²) >= 11 is 3.19. The fraction of sp³-hybridized carbons (Fsp3) is 0.333. The lowest BCUT2D eigenvalue weighted by atomic mass is 10.1. The second kappa shape index (κ2) is 8.31. The lowest BCUT2D eigenvalue weighted by molar-refractivity contribution is -0.130. The summed E-state index contributed by atoms with van der Waals surface area (Å²) in [6.45, 7) is 3.58. The first-order valence-electron chi connectivity index (χ1n) is 9.17. The van der Waals surface area contributed by atoms with E-state index in [0.29, 0.717) is 5.75 Å². The Morgan fingerprint density at radius 2 is 1.93 bits per heavy atom. The van der Waals surface area contributed by atoms with Gasteiger partial charge in [-0.25, -0.2) is 4.98 Å². The van der Waals surface area contributed by atoms with Gasteiger partial charge >= 0.3 is 0 Å². The van der Waals surface area contributed by atoms with Crippen molar-refractivity contribution in [1.29, 1.82) is 0 Å². The molecule has 140 valence electrons. The normalized spacial score (nSPS) is 15.2. The third-order valence-corrected chi connectivity index (χ3v) is 6.64. The molecule has 1 aliphatic heterocycles. The number of amides is 1. The first kappa shape index (κ1) is 18.3. The van der Waals surface area contributed by atoms with E-state index in [-0.39, 0.29) is 12.0 Å². The molecule has 0 spiro atoms. The molecule has 1 aliphatic rings. The van der Waals surface area contributed by atoms with Gasteiger partial charge in [-0.3, -0.25) is 4.79 Å². The van der Waals surface area contributed by atoms with E-state index in [9.17, 15) is 4.79 Å². The first-order valence-corrected chi connectivity index (χ1v) is 11.0. The quantitative estimate of drug-likeness (QED) is 0.581. The molecule has 2 heterocycles. The second-order valence-electron chi connectivity index (χ2n) is 6.75. The maximum Gasteiger partial charge on any atom is 0.274 e. The summed E-state index contributed by atoms with van der Waals surface area (Å²) in [4.78, 5) is 20.1. The van der Waals surface area contributed by atoms with E-state index in [0.717, 1.165) is 46.2 Å². The minimum atomic E-state index is 0.138. The van der Waals surface area contributed by atoms with Crippen molar-refractivity contribution < 1.29 is 9.53 Å². The molecule has 1 aromatic heterocycles. The maximum atomic E-state index is 12.5. The van der Waals surface area contributed by atoms with Gasteiger partial charge < -0.3 is 9.64 Å². The number of piperidine rings is 1. The summed E-state index contributed by atoms with van der Waals surface area (Å²) in [5.41, 5.74) is 2.22. The molecule has 4 rings (SSSR count). The zero-order chi connectivity index (χ0) is 18.6. The number of carbonyl (C=O) groups excluding carboxylic acids is 1. The van der Waals surface area contributed by atoms with Gasteiger partial charge in [0.15, 0.2) is 0 Å². The van der Waals surface area contributed by atoms with Crippen LogP contribution in [0.25, 0.3) is 10.2 Å². The predicted molar refractivity (Wildman–Crippen MR) is 112 cm³/mol. The van der Waals surface area contributed by atoms with Crippen molar-refractivity contribution in [2.75, 3.05) is 18.8 Å². The Balaban J connectivity index is 1.25. The van der Waals surface area contributed by atoms with Crippen molar-refractivity contribution >= 4 is 39.2 Å². The Labute approximate surface area is 167 Å². The number of thiazole rings is 1. The Hall–Kier alpha value is -2.05. The predicted octanol–water partition coefficient (Wildman–Crippen LogP) is 4.77. The molecular weight excluding hydrogens is 376 g/mol. The number of aromatic nitrogens is 1. The average Bonchev–Trinajstić information content (AvgIpc) is 3.10. The number of thioether (sulfide) groups is 1. The lowest BCUT2D eigenvalue weighted by Gasteiger charge is -2.31. The molecule has 6 heteroatoms. The summed E-state index contributed by atoms with van der Waals surface area (Å²) in [7, 11) is 0. The number of para-hydroxylation sites is 1. The topological polar surface area (TPSA) is 42.4 Å². The van der Waals surface area contributed by atoms with Crippen LogP contribution in [0.15, 0.2) is 53.4 Å². The van der Waals surface area contributed by atoms with Crippen LogP contribution in [-0.2, 0) is 4.79 Å². The zero-order valence-corrected chi connectivity index (χ0v) is 16.9. The molecule has 2 aromatic carbocycles. The maximum absolute atomic E-state index is 12.5. The van der Waals surface area contributed by atoms with Crippen LogP contribution in [0.1, 0.15) is 18.4 Å². The van der Waals surface area contributed by atoms with E-state index < -0.39 is 0 Å². The van der Waals surface area contributed by atoms with E-state index in [4.69, 9.17) is 4.74 Å². The summed E-state index contributed by atoms with van der Waals surface area (Å²) in [5, 5.41) is 0.732. The van der Waals surface area contributed by atoms with Crippen LogP contribution < -0.4 is 4.74 Å². The first-order chi connectivity index (χ1) is 13.2. The Morgan fingerprint density at radius 3 is 2.67 bits per heavy atom. The Morgan fingerprint density at radius 1 is 1.19 bits per heavy atom. The van der Waals surface area contributed by atoms with Crippen molar-refractivity contribution in [3.63, 3.8) is 0 Å². The standard InChI is InChI=1S/C21H22N2O2S2/c1-15-6-8-17(9-7-15)26-14-20(24)23-12-10-16(11-13-23)25-21-22-18-4-2-3-5-19(18)27-21/h2-9,16H,10-14H2,1H3. The Bertz CT molecular complexity index is 882. The van der Waals surface area contributed by atoms with Crippen molar-refractivity contribution in [1.82, 2.24) is 9.88 Å². The number of fused-ring (bicyclic) bond motifs is 1. The van der Waals surface area contributed by atoms with Crippen molar-refractivity contribution in [3.8, 4) is 5.19 Å². The summed E-state index contributed by atoms with van der Waals surface area (Å²) in [6.07, 6.45) is 1.85. The van der Waals surface area contributed by atoms with Crippen LogP contribution in [0.5, 0.6) is 5.19 Å². The molecule has 0 N–H and O–H groups in total. The molecule has 0 unspecified atom stereocenters. The number of likely N-dealkylation sites (tertiary alicyclic amines) is 1. The fourth-order valence-electron chi connectivity index (χ4n) is 3.14. The molecular formula is C21H22N2O2S2. The van der Waals surface area contributed by atoms with Crippen LogP contribution in [0.2, 0.25) is 0 Å². The molecule has 0 atom stereocenters. The second-order valence-corrected chi connectivity index (χ2v) is 8.79. The van der Waals surface area contributed by atoms with E-state index in [2.05, 4.69) is 42.2 Å². The van der Waals surface area contributed by atoms with Gasteiger partial charge in [0.25, 0.3) is 5.19 Å². The number of benzene rings is 2. The van der Waals surface area contributed by atoms with Gasteiger partial charge in [-0.2, -0.15) is 0 Å². The fourth-order valence-corrected chi connectivity index (χ4v) is 4.82. The number of rotatable bonds is 5. The SMILES string of the molecule is Cc1ccc(SCC(=O)N2CCC(Oc3nc4ccccc4s3)CC2)cc1. The van der Waals surface area contributed by atoms with Crippen LogP contribution in [0, 0.1) is 6.92 Å². The highest BCUT2D eigenvalue weighted by molar-refractivity contribution is 8.00. The smallest absolute Gasteiger partial charge is 0.274 e. The van der Waals surface area contributed by atoms with Crippen molar-refractivity contribution in [2.45, 2.75) is 30.8 Å². The average molecular weight is 399 g/mol. The molecule has 0 aliphatic carbocycles. The molecule has 3 aromatic rings. The number of aryl methyl sites for hydroxylation is 1. The van der Waals surface area contributed by atoms with Gasteiger partial charge in [-0.05, 0) is 31.2 Å². The van der Waals surface area contributed by atoms with Crippen LogP contribution in [-0.4, -0.2) is 40.7 Å². The van der Waals surface area contributed by atoms with Gasteiger partial charge in [-0.15, -0.1) is 11.8 Å². The summed E-state index contributed by atoms with van der Waals surface area (Å²) in [6, 6.07) is 16.4. The molecule has 27 heavy (non-hydrogen) atoms. The molecule has 0 radical (unpaired) electrons. The van der Waals surface area contributed by atoms with Gasteiger partial charge in [-0.1, -0.05) is 41.2 Å². The van der Waals surface area contributed by atoms with Gasteiger partial charge in [0.1, 0.15) is 6.10 Å². The highest BCUT2D eigenvalue weighted by Gasteiger charge is 2.24. The molecule has 1 saturated heterocycles. The highest BCUT2D eigenvalue weighted by Crippen LogP contribution is 2.29. The van der Waals surface area contributed by atoms with Crippen molar-refractivity contribution in [3.05, 3.63) is 54.1 Å². The number of ether oxygens (including phenoxy) is 1.